The Morgan fingerprint density at radius 2 is 2.07 bits per heavy atom. The van der Waals surface area contributed by atoms with Crippen LogP contribution in [0.5, 0.6) is 0 Å². The summed E-state index contributed by atoms with van der Waals surface area (Å²) in [5, 5.41) is 18.9. The molecule has 0 heterocycles. The van der Waals surface area contributed by atoms with Gasteiger partial charge in [-0.05, 0) is 25.7 Å². The minimum absolute atomic E-state index is 0.0231. The van der Waals surface area contributed by atoms with Gasteiger partial charge >= 0.3 is 0 Å². The van der Waals surface area contributed by atoms with Gasteiger partial charge in [-0.3, -0.25) is 4.79 Å². The summed E-state index contributed by atoms with van der Waals surface area (Å²) in [6.07, 6.45) is 4.56. The van der Waals surface area contributed by atoms with Gasteiger partial charge in [-0.25, -0.2) is 0 Å². The molecule has 3 nitrogen and oxygen atoms in total. The molecule has 3 atom stereocenters. The molecule has 80 valence electrons. The average molecular weight is 198 g/mol. The summed E-state index contributed by atoms with van der Waals surface area (Å²) >= 11 is 0. The van der Waals surface area contributed by atoms with Gasteiger partial charge in [0.25, 0.3) is 0 Å². The lowest BCUT2D eigenvalue weighted by molar-refractivity contribution is -0.147. The van der Waals surface area contributed by atoms with Crippen molar-refractivity contribution >= 4 is 5.78 Å². The van der Waals surface area contributed by atoms with Crippen LogP contribution in [-0.4, -0.2) is 28.7 Å². The van der Waals surface area contributed by atoms with E-state index < -0.39 is 6.10 Å². The molecule has 2 rings (SSSR count). The number of hydrogen-bond acceptors (Lipinski definition) is 3. The van der Waals surface area contributed by atoms with Crippen LogP contribution < -0.4 is 0 Å². The normalized spacial score (nSPS) is 43.4. The Morgan fingerprint density at radius 1 is 1.29 bits per heavy atom. The minimum Gasteiger partial charge on any atom is -0.396 e. The predicted octanol–water partition coefficient (Wildman–Crippen LogP) is 0.879. The second kappa shape index (κ2) is 3.63. The maximum atomic E-state index is 11.8. The first-order chi connectivity index (χ1) is 6.69. The van der Waals surface area contributed by atoms with E-state index in [1.807, 2.05) is 0 Å². The lowest BCUT2D eigenvalue weighted by Gasteiger charge is -2.46. The highest BCUT2D eigenvalue weighted by atomic mass is 16.3. The molecule has 2 fully saturated rings. The van der Waals surface area contributed by atoms with Crippen molar-refractivity contribution < 1.29 is 15.0 Å². The van der Waals surface area contributed by atoms with Crippen molar-refractivity contribution in [3.63, 3.8) is 0 Å². The van der Waals surface area contributed by atoms with Gasteiger partial charge < -0.3 is 10.2 Å². The van der Waals surface area contributed by atoms with Crippen molar-refractivity contribution in [1.82, 2.24) is 0 Å². The van der Waals surface area contributed by atoms with E-state index in [0.717, 1.165) is 32.1 Å². The molecule has 2 N–H and O–H groups in total. The number of aliphatic hydroxyl groups excluding tert-OH is 2. The Bertz CT molecular complexity index is 239. The fraction of sp³-hybridized carbons (Fsp3) is 0.909. The second-order valence-electron chi connectivity index (χ2n) is 4.78. The molecule has 0 spiro atoms. The van der Waals surface area contributed by atoms with E-state index in [-0.39, 0.29) is 23.7 Å². The van der Waals surface area contributed by atoms with Crippen molar-refractivity contribution in [2.75, 3.05) is 6.61 Å². The van der Waals surface area contributed by atoms with Crippen LogP contribution in [0.4, 0.5) is 0 Å². The zero-order valence-electron chi connectivity index (χ0n) is 8.41. The fourth-order valence-electron chi connectivity index (χ4n) is 3.12. The lowest BCUT2D eigenvalue weighted by atomic mass is 9.59. The number of ketones is 1. The maximum absolute atomic E-state index is 11.8. The number of Topliss-reactive ketones (excluding diaryl/α,β-unsaturated/α-hetero) is 1. The Kier molecular flexibility index (Phi) is 2.62. The molecule has 0 amide bonds. The molecule has 3 unspecified atom stereocenters. The van der Waals surface area contributed by atoms with E-state index in [1.54, 1.807) is 0 Å². The van der Waals surface area contributed by atoms with E-state index in [4.69, 9.17) is 0 Å². The summed E-state index contributed by atoms with van der Waals surface area (Å²) < 4.78 is 0. The van der Waals surface area contributed by atoms with Crippen molar-refractivity contribution in [1.29, 1.82) is 0 Å². The Morgan fingerprint density at radius 3 is 2.79 bits per heavy atom. The molecule has 0 aromatic rings. The molecule has 2 saturated carbocycles. The third kappa shape index (κ3) is 1.39. The van der Waals surface area contributed by atoms with Crippen molar-refractivity contribution in [2.24, 2.45) is 11.3 Å². The van der Waals surface area contributed by atoms with Gasteiger partial charge in [-0.15, -0.1) is 0 Å². The zero-order valence-corrected chi connectivity index (χ0v) is 8.41. The topological polar surface area (TPSA) is 57.5 Å². The molecule has 14 heavy (non-hydrogen) atoms. The molecular weight excluding hydrogens is 180 g/mol. The molecule has 2 aliphatic rings. The first-order valence-electron chi connectivity index (χ1n) is 5.52. The third-order valence-corrected chi connectivity index (χ3v) is 4.06. The predicted molar refractivity (Wildman–Crippen MR) is 51.7 cm³/mol. The van der Waals surface area contributed by atoms with Gasteiger partial charge in [0.05, 0.1) is 0 Å². The number of aliphatic hydroxyl groups is 2. The standard InChI is InChI=1S/C11H18O3/c12-7-11-5-2-1-3-8(11)10(14)9(13)4-6-11/h8-9,12-13H,1-7H2. The Balaban J connectivity index is 2.22. The van der Waals surface area contributed by atoms with Gasteiger partial charge in [-0.1, -0.05) is 12.8 Å². The molecule has 0 bridgehead atoms. The van der Waals surface area contributed by atoms with E-state index in [9.17, 15) is 15.0 Å². The van der Waals surface area contributed by atoms with Crippen LogP contribution in [0.15, 0.2) is 0 Å². The van der Waals surface area contributed by atoms with Crippen LogP contribution in [0.1, 0.15) is 38.5 Å². The first-order valence-corrected chi connectivity index (χ1v) is 5.52. The molecule has 0 aromatic heterocycles. The second-order valence-corrected chi connectivity index (χ2v) is 4.78. The summed E-state index contributed by atoms with van der Waals surface area (Å²) in [5.74, 6) is -0.102. The summed E-state index contributed by atoms with van der Waals surface area (Å²) in [6, 6.07) is 0. The molecule has 2 aliphatic carbocycles. The van der Waals surface area contributed by atoms with Gasteiger partial charge in [0, 0.05) is 17.9 Å². The summed E-state index contributed by atoms with van der Waals surface area (Å²) in [6.45, 7) is 0.107. The number of fused-ring (bicyclic) bond motifs is 1. The average Bonchev–Trinajstić information content (AvgIpc) is 2.24. The molecule has 0 saturated heterocycles. The smallest absolute Gasteiger partial charge is 0.164 e. The number of carbonyl (C=O) groups excluding carboxylic acids is 1. The Hall–Kier alpha value is -0.410. The number of carbonyl (C=O) groups is 1. The largest absolute Gasteiger partial charge is 0.396 e. The molecule has 0 aromatic carbocycles. The van der Waals surface area contributed by atoms with Gasteiger partial charge in [0.2, 0.25) is 0 Å². The van der Waals surface area contributed by atoms with Crippen molar-refractivity contribution in [3.05, 3.63) is 0 Å². The SMILES string of the molecule is O=C1C(O)CCC2(CO)CCCCC12. The van der Waals surface area contributed by atoms with Crippen molar-refractivity contribution in [2.45, 2.75) is 44.6 Å². The summed E-state index contributed by atoms with van der Waals surface area (Å²) in [7, 11) is 0. The quantitative estimate of drug-likeness (QED) is 0.657. The van der Waals surface area contributed by atoms with Crippen molar-refractivity contribution in [3.8, 4) is 0 Å². The third-order valence-electron chi connectivity index (χ3n) is 4.06. The van der Waals surface area contributed by atoms with Gasteiger partial charge in [-0.2, -0.15) is 0 Å². The zero-order chi connectivity index (χ0) is 10.2. The maximum Gasteiger partial charge on any atom is 0.164 e. The highest BCUT2D eigenvalue weighted by molar-refractivity contribution is 5.86. The van der Waals surface area contributed by atoms with Gasteiger partial charge in [0.1, 0.15) is 6.10 Å². The monoisotopic (exact) mass is 198 g/mol. The highest BCUT2D eigenvalue weighted by Crippen LogP contribution is 2.48. The van der Waals surface area contributed by atoms with Crippen LogP contribution in [0, 0.1) is 11.3 Å². The molecule has 3 heteroatoms. The summed E-state index contributed by atoms with van der Waals surface area (Å²) in [5.41, 5.74) is -0.186. The Labute approximate surface area is 84.1 Å². The number of hydrogen-bond donors (Lipinski definition) is 2. The minimum atomic E-state index is -0.766. The van der Waals surface area contributed by atoms with Gasteiger partial charge in [0.15, 0.2) is 5.78 Å². The van der Waals surface area contributed by atoms with E-state index in [1.165, 1.54) is 0 Å². The highest BCUT2D eigenvalue weighted by Gasteiger charge is 2.48. The van der Waals surface area contributed by atoms with Crippen LogP contribution in [-0.2, 0) is 4.79 Å². The molecule has 0 aliphatic heterocycles. The molecule has 0 radical (unpaired) electrons. The van der Waals surface area contributed by atoms with Crippen LogP contribution in [0.3, 0.4) is 0 Å². The van der Waals surface area contributed by atoms with Crippen LogP contribution in [0.25, 0.3) is 0 Å². The molecular formula is C11H18O3. The van der Waals surface area contributed by atoms with E-state index >= 15 is 0 Å². The fourth-order valence-corrected chi connectivity index (χ4v) is 3.12. The summed E-state index contributed by atoms with van der Waals surface area (Å²) in [4.78, 5) is 11.8. The van der Waals surface area contributed by atoms with E-state index in [2.05, 4.69) is 0 Å². The lowest BCUT2D eigenvalue weighted by Crippen LogP contribution is -2.49. The van der Waals surface area contributed by atoms with E-state index in [0.29, 0.717) is 6.42 Å². The number of rotatable bonds is 1. The van der Waals surface area contributed by atoms with Crippen LogP contribution in [0.2, 0.25) is 0 Å². The van der Waals surface area contributed by atoms with Crippen LogP contribution >= 0.6 is 0 Å². The first kappa shape index (κ1) is 10.1.